The largest absolute Gasteiger partial charge is 0.375 e. The SMILES string of the molecule is O=C(NC1C2CN(C3CCc4ccccc43)C[C@H]21)C(O)(c1ccccc1)C1CCCC1. The first-order valence-electron chi connectivity index (χ1n) is 12.1. The Morgan fingerprint density at radius 3 is 2.35 bits per heavy atom. The molecule has 2 aromatic rings. The summed E-state index contributed by atoms with van der Waals surface area (Å²) >= 11 is 0. The number of nitrogens with zero attached hydrogens (tertiary/aromatic N) is 1. The Kier molecular flexibility index (Phi) is 4.69. The van der Waals surface area contributed by atoms with Gasteiger partial charge in [-0.05, 0) is 54.2 Å². The maximum Gasteiger partial charge on any atom is 0.257 e. The molecule has 4 aliphatic rings. The highest BCUT2D eigenvalue weighted by Gasteiger charge is 2.59. The summed E-state index contributed by atoms with van der Waals surface area (Å²) in [5.74, 6) is 0.892. The molecule has 5 atom stereocenters. The number of fused-ring (bicyclic) bond motifs is 2. The lowest BCUT2D eigenvalue weighted by atomic mass is 9.79. The van der Waals surface area contributed by atoms with Gasteiger partial charge in [-0.1, -0.05) is 67.4 Å². The topological polar surface area (TPSA) is 52.6 Å². The zero-order valence-electron chi connectivity index (χ0n) is 18.0. The molecular weight excluding hydrogens is 384 g/mol. The van der Waals surface area contributed by atoms with E-state index in [1.165, 1.54) is 24.0 Å². The van der Waals surface area contributed by atoms with Crippen molar-refractivity contribution < 1.29 is 9.90 Å². The van der Waals surface area contributed by atoms with E-state index >= 15 is 0 Å². The van der Waals surface area contributed by atoms with E-state index in [9.17, 15) is 9.90 Å². The molecule has 1 saturated heterocycles. The fourth-order valence-electron chi connectivity index (χ4n) is 6.79. The van der Waals surface area contributed by atoms with Gasteiger partial charge in [0.05, 0.1) is 0 Å². The number of aryl methyl sites for hydroxylation is 1. The number of hydrogen-bond donors (Lipinski definition) is 2. The Morgan fingerprint density at radius 2 is 1.61 bits per heavy atom. The smallest absolute Gasteiger partial charge is 0.257 e. The number of aliphatic hydroxyl groups is 1. The van der Waals surface area contributed by atoms with Gasteiger partial charge in [0.25, 0.3) is 5.91 Å². The van der Waals surface area contributed by atoms with Gasteiger partial charge in [0.1, 0.15) is 0 Å². The van der Waals surface area contributed by atoms with Crippen LogP contribution >= 0.6 is 0 Å². The fraction of sp³-hybridized carbons (Fsp3) is 0.519. The molecule has 0 spiro atoms. The van der Waals surface area contributed by atoms with Crippen molar-refractivity contribution in [3.63, 3.8) is 0 Å². The third kappa shape index (κ3) is 3.15. The lowest BCUT2D eigenvalue weighted by Crippen LogP contribution is -2.51. The standard InChI is InChI=1S/C27H32N2O2/c30-26(27(31,20-11-5-6-12-20)19-9-2-1-3-10-19)28-25-22-16-29(17-23(22)25)24-15-14-18-8-4-7-13-21(18)24/h1-4,7-10,13,20,22-25,31H,5-6,11-12,14-17H2,(H,28,30)/t22-,23?,24?,25?,27?/m1/s1. The second kappa shape index (κ2) is 7.46. The molecule has 4 nitrogen and oxygen atoms in total. The molecule has 4 heteroatoms. The molecule has 31 heavy (non-hydrogen) atoms. The van der Waals surface area contributed by atoms with Crippen LogP contribution < -0.4 is 5.32 Å². The lowest BCUT2D eigenvalue weighted by molar-refractivity contribution is -0.147. The maximum absolute atomic E-state index is 13.5. The van der Waals surface area contributed by atoms with Gasteiger partial charge in [-0.25, -0.2) is 0 Å². The van der Waals surface area contributed by atoms with E-state index in [0.717, 1.165) is 44.3 Å². The molecule has 2 saturated carbocycles. The van der Waals surface area contributed by atoms with E-state index in [4.69, 9.17) is 0 Å². The Balaban J connectivity index is 1.14. The minimum atomic E-state index is -1.40. The van der Waals surface area contributed by atoms with Gasteiger partial charge in [-0.2, -0.15) is 0 Å². The number of likely N-dealkylation sites (tertiary alicyclic amines) is 1. The van der Waals surface area contributed by atoms with E-state index in [1.54, 1.807) is 0 Å². The van der Waals surface area contributed by atoms with Crippen molar-refractivity contribution >= 4 is 5.91 Å². The summed E-state index contributed by atoms with van der Waals surface area (Å²) in [6.07, 6.45) is 6.43. The molecular formula is C27H32N2O2. The molecule has 1 amide bonds. The summed E-state index contributed by atoms with van der Waals surface area (Å²) in [5.41, 5.74) is 2.35. The Bertz CT molecular complexity index is 958. The van der Waals surface area contributed by atoms with Crippen molar-refractivity contribution in [3.05, 3.63) is 71.3 Å². The normalized spacial score (nSPS) is 31.8. The number of carbonyl (C=O) groups excluding carboxylic acids is 1. The molecule has 0 aromatic heterocycles. The summed E-state index contributed by atoms with van der Waals surface area (Å²) in [5, 5.41) is 15.0. The molecule has 2 N–H and O–H groups in total. The number of nitrogens with one attached hydrogen (secondary N) is 1. The molecule has 1 heterocycles. The van der Waals surface area contributed by atoms with Crippen molar-refractivity contribution in [1.82, 2.24) is 10.2 Å². The van der Waals surface area contributed by atoms with Crippen molar-refractivity contribution in [1.29, 1.82) is 0 Å². The van der Waals surface area contributed by atoms with Crippen LogP contribution in [0.15, 0.2) is 54.6 Å². The zero-order valence-corrected chi connectivity index (χ0v) is 18.0. The zero-order chi connectivity index (χ0) is 21.0. The number of amides is 1. The van der Waals surface area contributed by atoms with Crippen LogP contribution in [0.3, 0.4) is 0 Å². The molecule has 3 fully saturated rings. The maximum atomic E-state index is 13.5. The number of hydrogen-bond acceptors (Lipinski definition) is 3. The first-order chi connectivity index (χ1) is 15.2. The van der Waals surface area contributed by atoms with Crippen LogP contribution in [0.25, 0.3) is 0 Å². The molecule has 2 aromatic carbocycles. The average Bonchev–Trinajstić information content (AvgIpc) is 3.33. The van der Waals surface area contributed by atoms with Gasteiger partial charge in [0.15, 0.2) is 5.60 Å². The van der Waals surface area contributed by atoms with E-state index in [0.29, 0.717) is 17.9 Å². The second-order valence-electron chi connectivity index (χ2n) is 10.1. The number of carbonyl (C=O) groups is 1. The highest BCUT2D eigenvalue weighted by atomic mass is 16.3. The highest BCUT2D eigenvalue weighted by Crippen LogP contribution is 2.51. The molecule has 4 unspecified atom stereocenters. The first-order valence-corrected chi connectivity index (χ1v) is 12.1. The minimum Gasteiger partial charge on any atom is -0.375 e. The van der Waals surface area contributed by atoms with E-state index in [-0.39, 0.29) is 17.9 Å². The lowest BCUT2D eigenvalue weighted by Gasteiger charge is -2.34. The summed E-state index contributed by atoms with van der Waals surface area (Å²) < 4.78 is 0. The Labute approximate surface area is 184 Å². The number of benzene rings is 2. The van der Waals surface area contributed by atoms with Crippen molar-refractivity contribution in [3.8, 4) is 0 Å². The van der Waals surface area contributed by atoms with Gasteiger partial charge in [0, 0.05) is 31.1 Å². The van der Waals surface area contributed by atoms with Gasteiger partial charge in [0.2, 0.25) is 0 Å². The first kappa shape index (κ1) is 19.5. The quantitative estimate of drug-likeness (QED) is 0.780. The third-order valence-corrected chi connectivity index (χ3v) is 8.57. The van der Waals surface area contributed by atoms with Crippen molar-refractivity contribution in [2.24, 2.45) is 17.8 Å². The van der Waals surface area contributed by atoms with Crippen LogP contribution in [0.5, 0.6) is 0 Å². The van der Waals surface area contributed by atoms with Crippen molar-refractivity contribution in [2.45, 2.75) is 56.2 Å². The number of rotatable bonds is 5. The second-order valence-corrected chi connectivity index (χ2v) is 10.1. The van der Waals surface area contributed by atoms with Gasteiger partial charge in [-0.15, -0.1) is 0 Å². The molecule has 1 aliphatic heterocycles. The van der Waals surface area contributed by atoms with Crippen LogP contribution in [0.2, 0.25) is 0 Å². The summed E-state index contributed by atoms with van der Waals surface area (Å²) in [6, 6.07) is 19.2. The third-order valence-electron chi connectivity index (χ3n) is 8.57. The van der Waals surface area contributed by atoms with Crippen LogP contribution in [0.1, 0.15) is 54.8 Å². The molecule has 3 aliphatic carbocycles. The fourth-order valence-corrected chi connectivity index (χ4v) is 6.79. The predicted molar refractivity (Wildman–Crippen MR) is 120 cm³/mol. The van der Waals surface area contributed by atoms with E-state index in [1.807, 2.05) is 30.3 Å². The monoisotopic (exact) mass is 416 g/mol. The van der Waals surface area contributed by atoms with Gasteiger partial charge >= 0.3 is 0 Å². The van der Waals surface area contributed by atoms with E-state index in [2.05, 4.69) is 34.5 Å². The van der Waals surface area contributed by atoms with E-state index < -0.39 is 5.60 Å². The molecule has 6 rings (SSSR count). The summed E-state index contributed by atoms with van der Waals surface area (Å²) in [4.78, 5) is 16.1. The predicted octanol–water partition coefficient (Wildman–Crippen LogP) is 3.80. The van der Waals surface area contributed by atoms with Crippen molar-refractivity contribution in [2.75, 3.05) is 13.1 Å². The summed E-state index contributed by atoms with van der Waals surface area (Å²) in [7, 11) is 0. The Morgan fingerprint density at radius 1 is 0.935 bits per heavy atom. The van der Waals surface area contributed by atoms with Gasteiger partial charge in [-0.3, -0.25) is 9.69 Å². The highest BCUT2D eigenvalue weighted by molar-refractivity contribution is 5.87. The summed E-state index contributed by atoms with van der Waals surface area (Å²) in [6.45, 7) is 2.11. The molecule has 0 radical (unpaired) electrons. The van der Waals surface area contributed by atoms with Crippen LogP contribution in [-0.4, -0.2) is 35.0 Å². The van der Waals surface area contributed by atoms with Crippen LogP contribution in [-0.2, 0) is 16.8 Å². The minimum absolute atomic E-state index is 0.0139. The molecule has 0 bridgehead atoms. The number of piperidine rings is 1. The Hall–Kier alpha value is -2.17. The van der Waals surface area contributed by atoms with Crippen LogP contribution in [0, 0.1) is 17.8 Å². The van der Waals surface area contributed by atoms with Gasteiger partial charge < -0.3 is 10.4 Å². The average molecular weight is 417 g/mol. The molecule has 162 valence electrons. The van der Waals surface area contributed by atoms with Crippen LogP contribution in [0.4, 0.5) is 0 Å².